The maximum absolute atomic E-state index is 5.94. The van der Waals surface area contributed by atoms with Gasteiger partial charge in [0, 0.05) is 36.4 Å². The van der Waals surface area contributed by atoms with E-state index in [-0.39, 0.29) is 6.04 Å². The Kier molecular flexibility index (Phi) is 5.44. The number of hydrogen-bond acceptors (Lipinski definition) is 3. The number of likely N-dealkylation sites (N-methyl/N-ethyl adjacent to an activating group) is 1. The molecule has 0 aliphatic heterocycles. The van der Waals surface area contributed by atoms with E-state index in [0.717, 1.165) is 24.5 Å². The summed E-state index contributed by atoms with van der Waals surface area (Å²) in [6.45, 7) is 3.62. The van der Waals surface area contributed by atoms with E-state index in [1.165, 1.54) is 0 Å². The molecule has 0 saturated heterocycles. The number of rotatable bonds is 7. The van der Waals surface area contributed by atoms with Gasteiger partial charge in [-0.15, -0.1) is 0 Å². The minimum atomic E-state index is 0.210. The van der Waals surface area contributed by atoms with Gasteiger partial charge in [0.1, 0.15) is 18.2 Å². The van der Waals surface area contributed by atoms with Crippen molar-refractivity contribution in [3.63, 3.8) is 0 Å². The number of ether oxygens (including phenoxy) is 1. The summed E-state index contributed by atoms with van der Waals surface area (Å²) < 4.78 is 7.92. The zero-order chi connectivity index (χ0) is 14.4. The van der Waals surface area contributed by atoms with Crippen molar-refractivity contribution in [3.05, 3.63) is 47.5 Å². The van der Waals surface area contributed by atoms with Gasteiger partial charge >= 0.3 is 0 Å². The van der Waals surface area contributed by atoms with E-state index in [1.54, 1.807) is 0 Å². The first-order valence-electron chi connectivity index (χ1n) is 6.78. The summed E-state index contributed by atoms with van der Waals surface area (Å²) in [6, 6.07) is 7.66. The third kappa shape index (κ3) is 3.99. The van der Waals surface area contributed by atoms with Gasteiger partial charge in [0.25, 0.3) is 0 Å². The molecule has 1 aromatic heterocycles. The molecule has 1 N–H and O–H groups in total. The van der Waals surface area contributed by atoms with Crippen molar-refractivity contribution in [1.82, 2.24) is 14.9 Å². The van der Waals surface area contributed by atoms with E-state index in [0.29, 0.717) is 11.6 Å². The lowest BCUT2D eigenvalue weighted by Gasteiger charge is -2.17. The zero-order valence-electron chi connectivity index (χ0n) is 11.8. The van der Waals surface area contributed by atoms with Gasteiger partial charge in [-0.1, -0.05) is 17.7 Å². The van der Waals surface area contributed by atoms with Crippen LogP contribution < -0.4 is 10.1 Å². The van der Waals surface area contributed by atoms with Crippen molar-refractivity contribution in [2.75, 3.05) is 13.7 Å². The average Bonchev–Trinajstić information content (AvgIpc) is 2.90. The third-order valence-electron chi connectivity index (χ3n) is 3.23. The molecule has 0 spiro atoms. The molecular weight excluding hydrogens is 274 g/mol. The zero-order valence-corrected chi connectivity index (χ0v) is 12.6. The first kappa shape index (κ1) is 14.9. The molecule has 108 valence electrons. The normalized spacial score (nSPS) is 12.3. The molecule has 1 aromatic carbocycles. The Labute approximate surface area is 124 Å². The second-order valence-corrected chi connectivity index (χ2v) is 5.02. The largest absolute Gasteiger partial charge is 0.492 e. The molecule has 2 aromatic rings. The predicted octanol–water partition coefficient (Wildman–Crippen LogP) is 2.77. The third-order valence-corrected chi connectivity index (χ3v) is 3.46. The second-order valence-electron chi connectivity index (χ2n) is 4.59. The standard InChI is InChI=1S/C15H20ClN3O/c1-3-19-8-7-18-15(19)10-13(17-2)11-20-14-6-4-5-12(16)9-14/h4-9,13,17H,3,10-11H2,1-2H3. The molecule has 1 atom stereocenters. The fourth-order valence-electron chi connectivity index (χ4n) is 2.04. The highest BCUT2D eigenvalue weighted by atomic mass is 35.5. The molecule has 0 amide bonds. The lowest BCUT2D eigenvalue weighted by atomic mass is 10.2. The molecule has 1 heterocycles. The summed E-state index contributed by atoms with van der Waals surface area (Å²) >= 11 is 5.94. The second kappa shape index (κ2) is 7.31. The number of nitrogens with one attached hydrogen (secondary N) is 1. The monoisotopic (exact) mass is 293 g/mol. The summed E-state index contributed by atoms with van der Waals surface area (Å²) in [7, 11) is 1.94. The number of hydrogen-bond donors (Lipinski definition) is 1. The van der Waals surface area contributed by atoms with Crippen molar-refractivity contribution in [3.8, 4) is 5.75 Å². The van der Waals surface area contributed by atoms with E-state index in [4.69, 9.17) is 16.3 Å². The maximum Gasteiger partial charge on any atom is 0.120 e. The smallest absolute Gasteiger partial charge is 0.120 e. The van der Waals surface area contributed by atoms with Gasteiger partial charge in [-0.2, -0.15) is 0 Å². The van der Waals surface area contributed by atoms with E-state index >= 15 is 0 Å². The summed E-state index contributed by atoms with van der Waals surface area (Å²) in [4.78, 5) is 4.39. The van der Waals surface area contributed by atoms with Crippen molar-refractivity contribution in [2.45, 2.75) is 25.9 Å². The van der Waals surface area contributed by atoms with Crippen LogP contribution in [0.1, 0.15) is 12.7 Å². The van der Waals surface area contributed by atoms with E-state index in [9.17, 15) is 0 Å². The van der Waals surface area contributed by atoms with Crippen LogP contribution in [0.25, 0.3) is 0 Å². The molecule has 2 rings (SSSR count). The minimum Gasteiger partial charge on any atom is -0.492 e. The van der Waals surface area contributed by atoms with Gasteiger partial charge < -0.3 is 14.6 Å². The SMILES string of the molecule is CCn1ccnc1CC(COc1cccc(Cl)c1)NC. The van der Waals surface area contributed by atoms with Crippen LogP contribution in [0.3, 0.4) is 0 Å². The van der Waals surface area contributed by atoms with Crippen molar-refractivity contribution in [1.29, 1.82) is 0 Å². The Balaban J connectivity index is 1.92. The van der Waals surface area contributed by atoms with Crippen LogP contribution in [0.2, 0.25) is 5.02 Å². The maximum atomic E-state index is 5.94. The van der Waals surface area contributed by atoms with Crippen molar-refractivity contribution >= 4 is 11.6 Å². The van der Waals surface area contributed by atoms with Gasteiger partial charge in [0.15, 0.2) is 0 Å². The van der Waals surface area contributed by atoms with Crippen LogP contribution in [-0.2, 0) is 13.0 Å². The Bertz CT molecular complexity index is 541. The number of imidazole rings is 1. The van der Waals surface area contributed by atoms with Gasteiger partial charge in [-0.3, -0.25) is 0 Å². The first-order valence-corrected chi connectivity index (χ1v) is 7.16. The Morgan fingerprint density at radius 2 is 2.30 bits per heavy atom. The predicted molar refractivity (Wildman–Crippen MR) is 81.4 cm³/mol. The van der Waals surface area contributed by atoms with E-state index < -0.39 is 0 Å². The molecule has 20 heavy (non-hydrogen) atoms. The number of aromatic nitrogens is 2. The van der Waals surface area contributed by atoms with Gasteiger partial charge in [-0.05, 0) is 32.2 Å². The lowest BCUT2D eigenvalue weighted by molar-refractivity contribution is 0.267. The highest BCUT2D eigenvalue weighted by Gasteiger charge is 2.12. The molecule has 0 aliphatic rings. The molecule has 0 bridgehead atoms. The highest BCUT2D eigenvalue weighted by Crippen LogP contribution is 2.17. The quantitative estimate of drug-likeness (QED) is 0.853. The van der Waals surface area contributed by atoms with Crippen molar-refractivity contribution in [2.24, 2.45) is 0 Å². The average molecular weight is 294 g/mol. The van der Waals surface area contributed by atoms with Gasteiger partial charge in [-0.25, -0.2) is 4.98 Å². The molecule has 4 nitrogen and oxygen atoms in total. The van der Waals surface area contributed by atoms with Crippen LogP contribution in [0.4, 0.5) is 0 Å². The van der Waals surface area contributed by atoms with Crippen LogP contribution in [-0.4, -0.2) is 29.2 Å². The lowest BCUT2D eigenvalue weighted by Crippen LogP contribution is -2.34. The van der Waals surface area contributed by atoms with Gasteiger partial charge in [0.05, 0.1) is 0 Å². The molecular formula is C15H20ClN3O. The molecule has 5 heteroatoms. The van der Waals surface area contributed by atoms with E-state index in [1.807, 2.05) is 43.7 Å². The van der Waals surface area contributed by atoms with E-state index in [2.05, 4.69) is 21.8 Å². The first-order chi connectivity index (χ1) is 9.72. The fraction of sp³-hybridized carbons (Fsp3) is 0.400. The Morgan fingerprint density at radius 3 is 3.00 bits per heavy atom. The Hall–Kier alpha value is -1.52. The summed E-state index contributed by atoms with van der Waals surface area (Å²) in [5, 5.41) is 3.95. The topological polar surface area (TPSA) is 39.1 Å². The molecule has 0 aliphatic carbocycles. The number of nitrogens with zero attached hydrogens (tertiary/aromatic N) is 2. The fourth-order valence-corrected chi connectivity index (χ4v) is 2.22. The van der Waals surface area contributed by atoms with Crippen LogP contribution in [0.15, 0.2) is 36.7 Å². The highest BCUT2D eigenvalue weighted by molar-refractivity contribution is 6.30. The number of aryl methyl sites for hydroxylation is 1. The number of halogens is 1. The minimum absolute atomic E-state index is 0.210. The molecule has 0 radical (unpaired) electrons. The van der Waals surface area contributed by atoms with Gasteiger partial charge in [0.2, 0.25) is 0 Å². The molecule has 0 fully saturated rings. The summed E-state index contributed by atoms with van der Waals surface area (Å²) in [6.07, 6.45) is 4.67. The van der Waals surface area contributed by atoms with Crippen LogP contribution in [0, 0.1) is 0 Å². The number of benzene rings is 1. The molecule has 1 unspecified atom stereocenters. The van der Waals surface area contributed by atoms with Crippen LogP contribution in [0.5, 0.6) is 5.75 Å². The summed E-state index contributed by atoms with van der Waals surface area (Å²) in [5.74, 6) is 1.86. The molecule has 0 saturated carbocycles. The van der Waals surface area contributed by atoms with Crippen LogP contribution >= 0.6 is 11.6 Å². The van der Waals surface area contributed by atoms with Crippen molar-refractivity contribution < 1.29 is 4.74 Å². The summed E-state index contributed by atoms with van der Waals surface area (Å²) in [5.41, 5.74) is 0. The Morgan fingerprint density at radius 1 is 1.45 bits per heavy atom.